The summed E-state index contributed by atoms with van der Waals surface area (Å²) in [6, 6.07) is 4.10. The zero-order valence-corrected chi connectivity index (χ0v) is 8.23. The molecule has 0 aliphatic carbocycles. The Morgan fingerprint density at radius 3 is 2.83 bits per heavy atom. The fourth-order valence-corrected chi connectivity index (χ4v) is 1.11. The van der Waals surface area contributed by atoms with Crippen molar-refractivity contribution in [3.63, 3.8) is 0 Å². The molecule has 1 heterocycles. The molecule has 0 aromatic carbocycles. The summed E-state index contributed by atoms with van der Waals surface area (Å²) in [5.41, 5.74) is 2.25. The molecule has 0 aliphatic heterocycles. The van der Waals surface area contributed by atoms with Crippen molar-refractivity contribution in [1.82, 2.24) is 4.98 Å². The average molecular weight is 183 g/mol. The molecular weight excluding hydrogens is 170 g/mol. The Balaban J connectivity index is 2.53. The molecular formula is C9H13NOS. The number of aryl methyl sites for hydroxylation is 1. The molecule has 1 aromatic rings. The maximum atomic E-state index is 5.15. The molecule has 2 nitrogen and oxygen atoms in total. The van der Waals surface area contributed by atoms with Gasteiger partial charge in [-0.25, -0.2) is 0 Å². The SMILES string of the molecule is CCc1ccc(COSC)nc1. The zero-order chi connectivity index (χ0) is 8.81. The van der Waals surface area contributed by atoms with E-state index in [0.29, 0.717) is 6.61 Å². The van der Waals surface area contributed by atoms with E-state index in [1.807, 2.05) is 18.5 Å². The molecule has 12 heavy (non-hydrogen) atoms. The van der Waals surface area contributed by atoms with Gasteiger partial charge in [-0.15, -0.1) is 0 Å². The Bertz CT molecular complexity index is 222. The smallest absolute Gasteiger partial charge is 0.103 e. The van der Waals surface area contributed by atoms with E-state index in [-0.39, 0.29) is 0 Å². The van der Waals surface area contributed by atoms with Crippen LogP contribution in [0.2, 0.25) is 0 Å². The highest BCUT2D eigenvalue weighted by atomic mass is 32.2. The van der Waals surface area contributed by atoms with Gasteiger partial charge >= 0.3 is 0 Å². The summed E-state index contributed by atoms with van der Waals surface area (Å²) in [6.07, 6.45) is 4.84. The summed E-state index contributed by atoms with van der Waals surface area (Å²) in [7, 11) is 0. The Labute approximate surface area is 77.6 Å². The van der Waals surface area contributed by atoms with Gasteiger partial charge in [-0.3, -0.25) is 4.98 Å². The van der Waals surface area contributed by atoms with Gasteiger partial charge in [0.05, 0.1) is 5.69 Å². The van der Waals surface area contributed by atoms with Gasteiger partial charge in [0.15, 0.2) is 0 Å². The Morgan fingerprint density at radius 2 is 2.33 bits per heavy atom. The Morgan fingerprint density at radius 1 is 1.50 bits per heavy atom. The van der Waals surface area contributed by atoms with Crippen molar-refractivity contribution in [2.45, 2.75) is 20.0 Å². The van der Waals surface area contributed by atoms with Crippen molar-refractivity contribution >= 4 is 12.0 Å². The first-order valence-electron chi connectivity index (χ1n) is 3.96. The van der Waals surface area contributed by atoms with Gasteiger partial charge in [0.2, 0.25) is 0 Å². The third kappa shape index (κ3) is 2.83. The number of hydrogen-bond donors (Lipinski definition) is 0. The van der Waals surface area contributed by atoms with Crippen LogP contribution in [0, 0.1) is 0 Å². The quantitative estimate of drug-likeness (QED) is 0.669. The van der Waals surface area contributed by atoms with E-state index in [1.165, 1.54) is 17.6 Å². The molecule has 0 fully saturated rings. The van der Waals surface area contributed by atoms with E-state index >= 15 is 0 Å². The van der Waals surface area contributed by atoms with Gasteiger partial charge in [0.25, 0.3) is 0 Å². The largest absolute Gasteiger partial charge is 0.309 e. The van der Waals surface area contributed by atoms with Crippen LogP contribution < -0.4 is 0 Å². The third-order valence-electron chi connectivity index (χ3n) is 1.62. The van der Waals surface area contributed by atoms with Crippen molar-refractivity contribution in [1.29, 1.82) is 0 Å². The predicted molar refractivity (Wildman–Crippen MR) is 51.9 cm³/mol. The highest BCUT2D eigenvalue weighted by Crippen LogP contribution is 2.05. The molecule has 1 aromatic heterocycles. The molecule has 1 rings (SSSR count). The van der Waals surface area contributed by atoms with Crippen molar-refractivity contribution in [3.05, 3.63) is 29.6 Å². The highest BCUT2D eigenvalue weighted by molar-refractivity contribution is 7.93. The molecule has 0 N–H and O–H groups in total. The standard InChI is InChI=1S/C9H13NOS/c1-3-8-4-5-9(10-6-8)7-11-12-2/h4-6H,3,7H2,1-2H3. The van der Waals surface area contributed by atoms with Crippen LogP contribution in [0.15, 0.2) is 18.3 Å². The molecule has 3 heteroatoms. The van der Waals surface area contributed by atoms with Crippen LogP contribution in [-0.2, 0) is 17.2 Å². The molecule has 0 bridgehead atoms. The van der Waals surface area contributed by atoms with E-state index in [1.54, 1.807) is 0 Å². The molecule has 0 radical (unpaired) electrons. The van der Waals surface area contributed by atoms with Gasteiger partial charge in [-0.05, 0) is 30.1 Å². The van der Waals surface area contributed by atoms with Gasteiger partial charge < -0.3 is 4.18 Å². The van der Waals surface area contributed by atoms with Crippen molar-refractivity contribution < 1.29 is 4.18 Å². The first kappa shape index (κ1) is 9.55. The number of nitrogens with zero attached hydrogens (tertiary/aromatic N) is 1. The molecule has 0 spiro atoms. The fraction of sp³-hybridized carbons (Fsp3) is 0.444. The highest BCUT2D eigenvalue weighted by Gasteiger charge is 1.94. The lowest BCUT2D eigenvalue weighted by molar-refractivity contribution is 0.359. The van der Waals surface area contributed by atoms with Crippen LogP contribution in [0.4, 0.5) is 0 Å². The first-order valence-corrected chi connectivity index (χ1v) is 5.11. The number of aromatic nitrogens is 1. The molecule has 0 unspecified atom stereocenters. The molecule has 0 saturated carbocycles. The maximum Gasteiger partial charge on any atom is 0.103 e. The first-order chi connectivity index (χ1) is 5.86. The minimum absolute atomic E-state index is 0.588. The second-order valence-electron chi connectivity index (χ2n) is 2.44. The normalized spacial score (nSPS) is 10.2. The van der Waals surface area contributed by atoms with Gasteiger partial charge in [0.1, 0.15) is 6.61 Å². The zero-order valence-electron chi connectivity index (χ0n) is 7.41. The topological polar surface area (TPSA) is 22.1 Å². The van der Waals surface area contributed by atoms with E-state index < -0.39 is 0 Å². The lowest BCUT2D eigenvalue weighted by Crippen LogP contribution is -1.91. The van der Waals surface area contributed by atoms with E-state index in [9.17, 15) is 0 Å². The minimum Gasteiger partial charge on any atom is -0.309 e. The van der Waals surface area contributed by atoms with Crippen molar-refractivity contribution in [3.8, 4) is 0 Å². The predicted octanol–water partition coefficient (Wildman–Crippen LogP) is 2.44. The lowest BCUT2D eigenvalue weighted by atomic mass is 10.2. The molecule has 0 atom stereocenters. The number of hydrogen-bond acceptors (Lipinski definition) is 3. The van der Waals surface area contributed by atoms with Gasteiger partial charge in [0, 0.05) is 12.5 Å². The molecule has 66 valence electrons. The lowest BCUT2D eigenvalue weighted by Gasteiger charge is -2.00. The van der Waals surface area contributed by atoms with Gasteiger partial charge in [-0.1, -0.05) is 13.0 Å². The van der Waals surface area contributed by atoms with E-state index in [4.69, 9.17) is 4.18 Å². The third-order valence-corrected chi connectivity index (χ3v) is 1.97. The van der Waals surface area contributed by atoms with E-state index in [2.05, 4.69) is 18.0 Å². The van der Waals surface area contributed by atoms with Crippen LogP contribution in [0.3, 0.4) is 0 Å². The second-order valence-corrected chi connectivity index (χ2v) is 3.01. The Hall–Kier alpha value is -0.540. The van der Waals surface area contributed by atoms with E-state index in [0.717, 1.165) is 12.1 Å². The number of pyridine rings is 1. The van der Waals surface area contributed by atoms with Crippen LogP contribution in [-0.4, -0.2) is 11.2 Å². The monoisotopic (exact) mass is 183 g/mol. The average Bonchev–Trinajstić information content (AvgIpc) is 2.15. The summed E-state index contributed by atoms with van der Waals surface area (Å²) >= 11 is 1.37. The van der Waals surface area contributed by atoms with Crippen molar-refractivity contribution in [2.24, 2.45) is 0 Å². The summed E-state index contributed by atoms with van der Waals surface area (Å²) in [4.78, 5) is 4.25. The van der Waals surface area contributed by atoms with Crippen LogP contribution >= 0.6 is 12.0 Å². The summed E-state index contributed by atoms with van der Waals surface area (Å²) in [5.74, 6) is 0. The molecule has 0 amide bonds. The molecule has 0 saturated heterocycles. The minimum atomic E-state index is 0.588. The summed E-state index contributed by atoms with van der Waals surface area (Å²) in [6.45, 7) is 2.71. The Kier molecular flexibility index (Phi) is 4.11. The van der Waals surface area contributed by atoms with Crippen LogP contribution in [0.5, 0.6) is 0 Å². The van der Waals surface area contributed by atoms with Crippen LogP contribution in [0.1, 0.15) is 18.2 Å². The maximum absolute atomic E-state index is 5.15. The fourth-order valence-electron chi connectivity index (χ4n) is 0.869. The van der Waals surface area contributed by atoms with Crippen molar-refractivity contribution in [2.75, 3.05) is 6.26 Å². The number of rotatable bonds is 4. The second kappa shape index (κ2) is 5.17. The summed E-state index contributed by atoms with van der Waals surface area (Å²) < 4.78 is 5.15. The van der Waals surface area contributed by atoms with Gasteiger partial charge in [-0.2, -0.15) is 0 Å². The summed E-state index contributed by atoms with van der Waals surface area (Å²) in [5, 5.41) is 0. The van der Waals surface area contributed by atoms with Crippen LogP contribution in [0.25, 0.3) is 0 Å². The molecule has 0 aliphatic rings.